The molecule has 1 fully saturated rings. The van der Waals surface area contributed by atoms with Crippen molar-refractivity contribution in [2.45, 2.75) is 6.92 Å². The Bertz CT molecular complexity index is 362. The van der Waals surface area contributed by atoms with Crippen LogP contribution < -0.4 is 5.32 Å². The lowest BCUT2D eigenvalue weighted by Crippen LogP contribution is -2.45. The van der Waals surface area contributed by atoms with Crippen LogP contribution in [0.25, 0.3) is 5.41 Å². The van der Waals surface area contributed by atoms with Gasteiger partial charge in [-0.2, -0.15) is 5.26 Å². The standard InChI is InChI=1S/C8H6N3OS/c1-4-5(2-9)7(12)11-8(13)6(4)3-10/h4-5H,1H3,(H,11,12,13)/q-1/t4-,5-/m1/s1. The number of amides is 1. The Morgan fingerprint density at radius 2 is 2.31 bits per heavy atom. The van der Waals surface area contributed by atoms with Crippen LogP contribution in [0.15, 0.2) is 5.57 Å². The lowest BCUT2D eigenvalue weighted by atomic mass is 9.85. The molecule has 4 nitrogen and oxygen atoms in total. The van der Waals surface area contributed by atoms with E-state index in [1.54, 1.807) is 6.92 Å². The van der Waals surface area contributed by atoms with Crippen molar-refractivity contribution in [2.75, 3.05) is 0 Å². The van der Waals surface area contributed by atoms with E-state index >= 15 is 0 Å². The third-order valence-corrected chi connectivity index (χ3v) is 2.30. The molecule has 2 atom stereocenters. The fraction of sp³-hybridized carbons (Fsp3) is 0.375. The van der Waals surface area contributed by atoms with Gasteiger partial charge in [-0.15, -0.1) is 0 Å². The molecule has 0 saturated carbocycles. The Kier molecular flexibility index (Phi) is 2.57. The first-order valence-electron chi connectivity index (χ1n) is 3.63. The number of piperidine rings is 1. The lowest BCUT2D eigenvalue weighted by Gasteiger charge is -2.26. The third-order valence-electron chi connectivity index (χ3n) is 1.98. The molecule has 1 aliphatic rings. The molecule has 5 heteroatoms. The molecule has 1 rings (SSSR count). The normalized spacial score (nSPS) is 27.5. The molecule has 0 aromatic heterocycles. The predicted octanol–water partition coefficient (Wildman–Crippen LogP) is 0.385. The van der Waals surface area contributed by atoms with Crippen LogP contribution in [0.5, 0.6) is 0 Å². The van der Waals surface area contributed by atoms with Crippen molar-refractivity contribution in [3.05, 3.63) is 11.0 Å². The molecule has 0 aromatic rings. The highest BCUT2D eigenvalue weighted by atomic mass is 32.1. The fourth-order valence-electron chi connectivity index (χ4n) is 1.18. The molecule has 1 N–H and O–H groups in total. The molecular weight excluding hydrogens is 186 g/mol. The molecule has 0 bridgehead atoms. The van der Waals surface area contributed by atoms with Gasteiger partial charge in [-0.3, -0.25) is 10.7 Å². The van der Waals surface area contributed by atoms with Crippen molar-refractivity contribution in [1.82, 2.24) is 5.32 Å². The highest BCUT2D eigenvalue weighted by Crippen LogP contribution is 2.23. The Hall–Kier alpha value is -1.50. The first kappa shape index (κ1) is 9.59. The maximum absolute atomic E-state index is 11.2. The van der Waals surface area contributed by atoms with Crippen molar-refractivity contribution in [3.63, 3.8) is 0 Å². The maximum atomic E-state index is 11.2. The average molecular weight is 192 g/mol. The molecule has 1 aliphatic heterocycles. The van der Waals surface area contributed by atoms with E-state index < -0.39 is 17.7 Å². The molecule has 1 amide bonds. The van der Waals surface area contributed by atoms with Gasteiger partial charge in [0.15, 0.2) is 0 Å². The molecule has 1 heterocycles. The van der Waals surface area contributed by atoms with Crippen LogP contribution in [0, 0.1) is 23.2 Å². The number of hydrogen-bond acceptors (Lipinski definition) is 3. The van der Waals surface area contributed by atoms with Crippen LogP contribution in [0.4, 0.5) is 0 Å². The second-order valence-corrected chi connectivity index (χ2v) is 3.15. The SMILES string of the molecule is C[C@H]1C(=C=[N-])C(=S)NC(=O)[C@@H]1C#N. The summed E-state index contributed by atoms with van der Waals surface area (Å²) in [5.74, 6) is 0.270. The highest BCUT2D eigenvalue weighted by Gasteiger charge is 2.34. The largest absolute Gasteiger partial charge is 0.763 e. The molecule has 13 heavy (non-hydrogen) atoms. The monoisotopic (exact) mass is 192 g/mol. The Balaban J connectivity index is 3.10. The van der Waals surface area contributed by atoms with E-state index in [1.165, 1.54) is 0 Å². The average Bonchev–Trinajstić information content (AvgIpc) is 2.04. The first-order chi connectivity index (χ1) is 6.11. The molecular formula is C8H6N3OS-. The van der Waals surface area contributed by atoms with Crippen LogP contribution in [-0.2, 0) is 4.79 Å². The van der Waals surface area contributed by atoms with E-state index in [0.717, 1.165) is 0 Å². The smallest absolute Gasteiger partial charge is 0.243 e. The summed E-state index contributed by atoms with van der Waals surface area (Å²) in [6.45, 7) is 1.65. The van der Waals surface area contributed by atoms with Crippen LogP contribution in [0.3, 0.4) is 0 Å². The van der Waals surface area contributed by atoms with Gasteiger partial charge in [0.1, 0.15) is 10.9 Å². The van der Waals surface area contributed by atoms with Crippen LogP contribution in [0.2, 0.25) is 0 Å². The summed E-state index contributed by atoms with van der Waals surface area (Å²) in [5, 5.41) is 19.7. The fourth-order valence-corrected chi connectivity index (χ4v) is 1.51. The van der Waals surface area contributed by atoms with E-state index in [2.05, 4.69) is 5.32 Å². The van der Waals surface area contributed by atoms with Gasteiger partial charge in [0.2, 0.25) is 5.91 Å². The van der Waals surface area contributed by atoms with Crippen molar-refractivity contribution in [3.8, 4) is 6.07 Å². The van der Waals surface area contributed by atoms with Gasteiger partial charge in [0.25, 0.3) is 0 Å². The molecule has 66 valence electrons. The number of rotatable bonds is 0. The van der Waals surface area contributed by atoms with Crippen molar-refractivity contribution in [1.29, 1.82) is 5.26 Å². The summed E-state index contributed by atoms with van der Waals surface area (Å²) in [5.41, 5.74) is 0.307. The predicted molar refractivity (Wildman–Crippen MR) is 50.9 cm³/mol. The zero-order valence-electron chi connectivity index (χ0n) is 6.87. The van der Waals surface area contributed by atoms with E-state index in [4.69, 9.17) is 22.9 Å². The molecule has 0 aromatic carbocycles. The first-order valence-corrected chi connectivity index (χ1v) is 4.04. The number of nitriles is 1. The topological polar surface area (TPSA) is 75.2 Å². The van der Waals surface area contributed by atoms with Gasteiger partial charge < -0.3 is 10.7 Å². The molecule has 0 aliphatic carbocycles. The summed E-state index contributed by atoms with van der Waals surface area (Å²) < 4.78 is 0. The van der Waals surface area contributed by atoms with Gasteiger partial charge in [0.05, 0.1) is 6.07 Å². The summed E-state index contributed by atoms with van der Waals surface area (Å²) >= 11 is 4.78. The number of nitrogens with one attached hydrogen (secondary N) is 1. The summed E-state index contributed by atoms with van der Waals surface area (Å²) in [4.78, 5) is 11.3. The van der Waals surface area contributed by atoms with Gasteiger partial charge in [-0.25, -0.2) is 0 Å². The van der Waals surface area contributed by atoms with E-state index in [0.29, 0.717) is 5.57 Å². The van der Waals surface area contributed by atoms with Crippen LogP contribution in [-0.4, -0.2) is 16.8 Å². The van der Waals surface area contributed by atoms with E-state index in [-0.39, 0.29) is 4.99 Å². The van der Waals surface area contributed by atoms with Crippen LogP contribution >= 0.6 is 12.2 Å². The van der Waals surface area contributed by atoms with Gasteiger partial charge >= 0.3 is 0 Å². The number of thiocarbonyl (C=S) groups is 1. The minimum Gasteiger partial charge on any atom is -0.763 e. The minimum absolute atomic E-state index is 0.145. The minimum atomic E-state index is -0.804. The Morgan fingerprint density at radius 3 is 2.77 bits per heavy atom. The number of hydrogen-bond donors (Lipinski definition) is 1. The zero-order chi connectivity index (χ0) is 10.0. The second-order valence-electron chi connectivity index (χ2n) is 2.74. The van der Waals surface area contributed by atoms with E-state index in [9.17, 15) is 4.79 Å². The summed E-state index contributed by atoms with van der Waals surface area (Å²) in [7, 11) is 0. The number of carbonyl (C=O) groups excluding carboxylic acids is 1. The molecule has 0 radical (unpaired) electrons. The molecule has 0 spiro atoms. The Morgan fingerprint density at radius 1 is 1.69 bits per heavy atom. The summed E-state index contributed by atoms with van der Waals surface area (Å²) in [6.07, 6.45) is 0. The van der Waals surface area contributed by atoms with Gasteiger partial charge in [-0.05, 0) is 0 Å². The quantitative estimate of drug-likeness (QED) is 0.342. The van der Waals surface area contributed by atoms with E-state index in [1.807, 2.05) is 11.9 Å². The van der Waals surface area contributed by atoms with Crippen LogP contribution in [0.1, 0.15) is 6.92 Å². The molecule has 0 unspecified atom stereocenters. The van der Waals surface area contributed by atoms with Crippen molar-refractivity contribution in [2.24, 2.45) is 11.8 Å². The summed E-state index contributed by atoms with van der Waals surface area (Å²) in [6, 6.07) is 1.84. The van der Waals surface area contributed by atoms with Gasteiger partial charge in [-0.1, -0.05) is 19.1 Å². The highest BCUT2D eigenvalue weighted by molar-refractivity contribution is 7.80. The number of carbonyl (C=O) groups is 1. The Labute approximate surface area is 80.7 Å². The lowest BCUT2D eigenvalue weighted by molar-refractivity contribution is -0.123. The third kappa shape index (κ3) is 1.50. The maximum Gasteiger partial charge on any atom is 0.243 e. The number of nitrogens with zero attached hydrogens (tertiary/aromatic N) is 2. The van der Waals surface area contributed by atoms with Gasteiger partial charge in [0, 0.05) is 11.5 Å². The van der Waals surface area contributed by atoms with Crippen molar-refractivity contribution >= 4 is 29.0 Å². The van der Waals surface area contributed by atoms with Crippen molar-refractivity contribution < 1.29 is 4.79 Å². The second kappa shape index (κ2) is 3.48. The zero-order valence-corrected chi connectivity index (χ0v) is 7.68. The molecule has 1 saturated heterocycles.